The van der Waals surface area contributed by atoms with Crippen LogP contribution in [0.5, 0.6) is 0 Å². The van der Waals surface area contributed by atoms with E-state index in [0.717, 1.165) is 0 Å². The summed E-state index contributed by atoms with van der Waals surface area (Å²) in [7, 11) is 0. The number of hydrogen-bond acceptors (Lipinski definition) is 4. The van der Waals surface area contributed by atoms with E-state index in [-0.39, 0.29) is 12.8 Å². The molecule has 0 saturated carbocycles. The molecule has 0 amide bonds. The first kappa shape index (κ1) is 7.59. The van der Waals surface area contributed by atoms with Crippen molar-refractivity contribution < 1.29 is 11.0 Å². The fraction of sp³-hybridized carbons (Fsp3) is 0.333. The number of esters is 1. The number of rotatable bonds is 2. The molecule has 1 aromatic heterocycles. The van der Waals surface area contributed by atoms with Crippen LogP contribution < -0.4 is 5.73 Å². The first-order valence-corrected chi connectivity index (χ1v) is 3.21. The lowest BCUT2D eigenvalue weighted by Gasteiger charge is -1.97. The monoisotopic (exact) mass is 157 g/mol. The second-order valence-corrected chi connectivity index (χ2v) is 1.92. The van der Waals surface area contributed by atoms with Crippen molar-refractivity contribution in [2.24, 2.45) is 0 Å². The van der Waals surface area contributed by atoms with Crippen LogP contribution in [0, 0.1) is 0 Å². The number of H-pyrrole nitrogens is 1. The average molecular weight is 157 g/mol. The summed E-state index contributed by atoms with van der Waals surface area (Å²) in [5, 5.41) is 6.01. The summed E-state index contributed by atoms with van der Waals surface area (Å²) in [6.07, 6.45) is 1.34. The maximum Gasteiger partial charge on any atom is 0.343 e. The van der Waals surface area contributed by atoms with Gasteiger partial charge in [-0.25, -0.2) is 4.79 Å². The average Bonchev–Trinajstić information content (AvgIpc) is 2.36. The van der Waals surface area contributed by atoms with Crippen molar-refractivity contribution in [3.63, 3.8) is 0 Å². The van der Waals surface area contributed by atoms with Gasteiger partial charge in [-0.05, 0) is 6.92 Å². The Hall–Kier alpha value is -1.52. The Balaban J connectivity index is 0.00000121. The summed E-state index contributed by atoms with van der Waals surface area (Å²) in [5.41, 5.74) is 5.64. The smallest absolute Gasteiger partial charge is 0.343 e. The third-order valence-electron chi connectivity index (χ3n) is 1.16. The number of nitrogens with one attached hydrogen (secondary N) is 1. The Morgan fingerprint density at radius 1 is 2.00 bits per heavy atom. The number of ether oxygens (including phenoxy) is 1. The molecule has 3 N–H and O–H groups in total. The number of carbonyl (C=O) groups excluding carboxylic acids is 1. The molecular weight excluding hydrogens is 146 g/mol. The molecule has 0 spiro atoms. The van der Waals surface area contributed by atoms with Crippen molar-refractivity contribution in [3.8, 4) is 0 Å². The van der Waals surface area contributed by atoms with Crippen LogP contribution in [0.15, 0.2) is 6.20 Å². The van der Waals surface area contributed by atoms with Gasteiger partial charge in [-0.15, -0.1) is 0 Å². The SMILES string of the molecule is CCOC(=O)c1cn[nH]c1N.[HH]. The third-order valence-corrected chi connectivity index (χ3v) is 1.16. The zero-order valence-electron chi connectivity index (χ0n) is 6.13. The van der Waals surface area contributed by atoms with Gasteiger partial charge in [0.05, 0.1) is 12.8 Å². The first-order valence-electron chi connectivity index (χ1n) is 3.21. The minimum absolute atomic E-state index is 0. The summed E-state index contributed by atoms with van der Waals surface area (Å²) in [5.74, 6) is -0.206. The molecule has 5 heteroatoms. The van der Waals surface area contributed by atoms with Crippen LogP contribution >= 0.6 is 0 Å². The molecule has 1 heterocycles. The number of aromatic amines is 1. The fourth-order valence-corrected chi connectivity index (χ4v) is 0.668. The minimum Gasteiger partial charge on any atom is -0.462 e. The highest BCUT2D eigenvalue weighted by Crippen LogP contribution is 2.06. The highest BCUT2D eigenvalue weighted by Gasteiger charge is 2.11. The van der Waals surface area contributed by atoms with Crippen LogP contribution in [0.4, 0.5) is 5.82 Å². The summed E-state index contributed by atoms with van der Waals surface area (Å²) in [6.45, 7) is 2.07. The first-order chi connectivity index (χ1) is 5.25. The van der Waals surface area contributed by atoms with Gasteiger partial charge in [0.1, 0.15) is 11.4 Å². The number of nitrogen functional groups attached to an aromatic ring is 1. The lowest BCUT2D eigenvalue weighted by molar-refractivity contribution is 0.0527. The standard InChI is InChI=1S/C6H9N3O2.H2/c1-2-11-6(10)4-3-8-9-5(4)7;/h3H,2H2,1H3,(H3,7,8,9);1H. The van der Waals surface area contributed by atoms with Gasteiger partial charge >= 0.3 is 5.97 Å². The van der Waals surface area contributed by atoms with E-state index in [1.807, 2.05) is 0 Å². The van der Waals surface area contributed by atoms with Gasteiger partial charge in [0.2, 0.25) is 0 Å². The Bertz CT molecular complexity index is 261. The second kappa shape index (κ2) is 3.05. The quantitative estimate of drug-likeness (QED) is 0.609. The highest BCUT2D eigenvalue weighted by molar-refractivity contribution is 5.93. The lowest BCUT2D eigenvalue weighted by Crippen LogP contribution is -2.05. The van der Waals surface area contributed by atoms with Crippen LogP contribution in [-0.2, 0) is 4.74 Å². The van der Waals surface area contributed by atoms with E-state index in [1.54, 1.807) is 6.92 Å². The summed E-state index contributed by atoms with van der Waals surface area (Å²) >= 11 is 0. The predicted molar refractivity (Wildman–Crippen MR) is 41.1 cm³/mol. The molecule has 0 saturated heterocycles. The zero-order chi connectivity index (χ0) is 8.27. The van der Waals surface area contributed by atoms with Crippen molar-refractivity contribution in [1.82, 2.24) is 10.2 Å². The maximum absolute atomic E-state index is 11.0. The summed E-state index contributed by atoms with van der Waals surface area (Å²) < 4.78 is 4.69. The zero-order valence-corrected chi connectivity index (χ0v) is 6.13. The molecule has 0 unspecified atom stereocenters. The normalized spacial score (nSPS) is 9.55. The molecule has 0 fully saturated rings. The van der Waals surface area contributed by atoms with Gasteiger partial charge in [0.15, 0.2) is 0 Å². The van der Waals surface area contributed by atoms with Crippen LogP contribution in [0.1, 0.15) is 18.7 Å². The molecule has 0 atom stereocenters. The number of nitrogens with zero attached hydrogens (tertiary/aromatic N) is 1. The Labute approximate surface area is 65.0 Å². The molecule has 0 aliphatic carbocycles. The third kappa shape index (κ3) is 1.49. The molecule has 0 aliphatic rings. The molecule has 11 heavy (non-hydrogen) atoms. The number of carbonyl (C=O) groups is 1. The van der Waals surface area contributed by atoms with Crippen molar-refractivity contribution in [2.45, 2.75) is 6.92 Å². The Morgan fingerprint density at radius 3 is 3.18 bits per heavy atom. The van der Waals surface area contributed by atoms with Crippen molar-refractivity contribution in [3.05, 3.63) is 11.8 Å². The number of nitrogens with two attached hydrogens (primary N) is 1. The van der Waals surface area contributed by atoms with Gasteiger partial charge in [-0.2, -0.15) is 5.10 Å². The maximum atomic E-state index is 11.0. The van der Waals surface area contributed by atoms with E-state index in [2.05, 4.69) is 14.9 Å². The highest BCUT2D eigenvalue weighted by atomic mass is 16.5. The van der Waals surface area contributed by atoms with Crippen molar-refractivity contribution in [2.75, 3.05) is 12.3 Å². The largest absolute Gasteiger partial charge is 0.462 e. The molecule has 1 rings (SSSR count). The van der Waals surface area contributed by atoms with E-state index < -0.39 is 5.97 Å². The lowest BCUT2D eigenvalue weighted by atomic mass is 10.3. The fourth-order valence-electron chi connectivity index (χ4n) is 0.668. The van der Waals surface area contributed by atoms with E-state index in [1.165, 1.54) is 6.20 Å². The van der Waals surface area contributed by atoms with Crippen LogP contribution in [0.3, 0.4) is 0 Å². The molecule has 0 radical (unpaired) electrons. The molecule has 0 bridgehead atoms. The molecular formula is C6H11N3O2. The van der Waals surface area contributed by atoms with E-state index >= 15 is 0 Å². The molecule has 62 valence electrons. The summed E-state index contributed by atoms with van der Waals surface area (Å²) in [4.78, 5) is 11.0. The van der Waals surface area contributed by atoms with Gasteiger partial charge in [0.25, 0.3) is 0 Å². The topological polar surface area (TPSA) is 81.0 Å². The number of anilines is 1. The number of aromatic nitrogens is 2. The second-order valence-electron chi connectivity index (χ2n) is 1.92. The van der Waals surface area contributed by atoms with Crippen LogP contribution in [0.25, 0.3) is 0 Å². The van der Waals surface area contributed by atoms with Crippen molar-refractivity contribution >= 4 is 11.8 Å². The molecule has 1 aromatic rings. The molecule has 5 nitrogen and oxygen atoms in total. The van der Waals surface area contributed by atoms with E-state index in [0.29, 0.717) is 6.61 Å². The van der Waals surface area contributed by atoms with Crippen molar-refractivity contribution in [1.29, 1.82) is 0 Å². The summed E-state index contributed by atoms with van der Waals surface area (Å²) in [6, 6.07) is 0. The van der Waals surface area contributed by atoms with Gasteiger partial charge in [-0.3, -0.25) is 5.10 Å². The van der Waals surface area contributed by atoms with Crippen LogP contribution in [0.2, 0.25) is 0 Å². The van der Waals surface area contributed by atoms with Gasteiger partial charge in [-0.1, -0.05) is 0 Å². The van der Waals surface area contributed by atoms with E-state index in [4.69, 9.17) is 5.73 Å². The molecule has 0 aliphatic heterocycles. The van der Waals surface area contributed by atoms with Gasteiger partial charge in [0, 0.05) is 1.43 Å². The Morgan fingerprint density at radius 2 is 2.73 bits per heavy atom. The number of hydrogen-bond donors (Lipinski definition) is 2. The predicted octanol–water partition coefficient (Wildman–Crippen LogP) is 0.415. The van der Waals surface area contributed by atoms with E-state index in [9.17, 15) is 4.79 Å². The molecule has 0 aromatic carbocycles. The Kier molecular flexibility index (Phi) is 2.10. The minimum atomic E-state index is -0.446. The van der Waals surface area contributed by atoms with Crippen LogP contribution in [-0.4, -0.2) is 22.8 Å². The van der Waals surface area contributed by atoms with Gasteiger partial charge < -0.3 is 10.5 Å².